The van der Waals surface area contributed by atoms with E-state index in [1.54, 1.807) is 0 Å². The summed E-state index contributed by atoms with van der Waals surface area (Å²) in [4.78, 5) is 0.136. The summed E-state index contributed by atoms with van der Waals surface area (Å²) in [5.74, 6) is 0. The standard InChI is InChI=1S/C25H43BrO3/c1-20(10-8-12-21(2)15-16-23(26)25(4,5)27)11-9-13-22(3)17-19-29-24-14-6-7-18-28-24/h11-12,17,23-24,27H,6-10,13-16,18-19H2,1-5H3/b20-11+,21-12+,22-17+. The second-order valence-electron chi connectivity index (χ2n) is 9.02. The monoisotopic (exact) mass is 470 g/mol. The summed E-state index contributed by atoms with van der Waals surface area (Å²) < 4.78 is 11.4. The zero-order valence-corrected chi connectivity index (χ0v) is 20.9. The topological polar surface area (TPSA) is 38.7 Å². The molecule has 0 saturated carbocycles. The molecule has 168 valence electrons. The number of rotatable bonds is 13. The molecular formula is C25H43BrO3. The predicted octanol–water partition coefficient (Wildman–Crippen LogP) is 7.24. The Morgan fingerprint density at radius 2 is 1.62 bits per heavy atom. The highest BCUT2D eigenvalue weighted by molar-refractivity contribution is 9.09. The number of aliphatic hydroxyl groups is 1. The summed E-state index contributed by atoms with van der Waals surface area (Å²) in [7, 11) is 0. The maximum Gasteiger partial charge on any atom is 0.157 e. The van der Waals surface area contributed by atoms with Crippen molar-refractivity contribution in [2.24, 2.45) is 0 Å². The molecule has 0 spiro atoms. The fraction of sp³-hybridized carbons (Fsp3) is 0.760. The zero-order chi connectivity index (χ0) is 21.7. The number of hydrogen-bond donors (Lipinski definition) is 1. The fourth-order valence-corrected chi connectivity index (χ4v) is 3.48. The largest absolute Gasteiger partial charge is 0.389 e. The van der Waals surface area contributed by atoms with Crippen LogP contribution >= 0.6 is 15.9 Å². The molecule has 0 aromatic heterocycles. The second kappa shape index (κ2) is 14.6. The van der Waals surface area contributed by atoms with Gasteiger partial charge in [0, 0.05) is 11.4 Å². The molecule has 0 aromatic rings. The molecule has 4 heteroatoms. The molecule has 2 unspecified atom stereocenters. The highest BCUT2D eigenvalue weighted by Gasteiger charge is 2.23. The van der Waals surface area contributed by atoms with Crippen molar-refractivity contribution in [2.45, 2.75) is 109 Å². The van der Waals surface area contributed by atoms with Crippen LogP contribution in [0.1, 0.15) is 92.4 Å². The first-order valence-electron chi connectivity index (χ1n) is 11.2. The van der Waals surface area contributed by atoms with E-state index in [0.29, 0.717) is 6.61 Å². The van der Waals surface area contributed by atoms with Crippen LogP contribution in [-0.4, -0.2) is 35.0 Å². The molecule has 1 fully saturated rings. The van der Waals surface area contributed by atoms with E-state index in [1.165, 1.54) is 23.1 Å². The quantitative estimate of drug-likeness (QED) is 0.227. The molecule has 1 aliphatic heterocycles. The van der Waals surface area contributed by atoms with Gasteiger partial charge in [0.25, 0.3) is 0 Å². The van der Waals surface area contributed by atoms with Crippen LogP contribution in [0, 0.1) is 0 Å². The molecule has 0 aromatic carbocycles. The fourth-order valence-electron chi connectivity index (χ4n) is 3.25. The third kappa shape index (κ3) is 13.5. The Morgan fingerprint density at radius 1 is 1.03 bits per heavy atom. The first-order chi connectivity index (χ1) is 13.7. The molecule has 0 radical (unpaired) electrons. The van der Waals surface area contributed by atoms with E-state index in [-0.39, 0.29) is 11.1 Å². The van der Waals surface area contributed by atoms with Gasteiger partial charge < -0.3 is 14.6 Å². The first kappa shape index (κ1) is 26.6. The number of alkyl halides is 1. The van der Waals surface area contributed by atoms with Crippen molar-refractivity contribution in [1.29, 1.82) is 0 Å². The maximum absolute atomic E-state index is 9.99. The van der Waals surface area contributed by atoms with Crippen LogP contribution in [0.4, 0.5) is 0 Å². The van der Waals surface area contributed by atoms with E-state index in [1.807, 2.05) is 13.8 Å². The summed E-state index contributed by atoms with van der Waals surface area (Å²) in [5, 5.41) is 9.99. The van der Waals surface area contributed by atoms with E-state index in [2.05, 4.69) is 54.9 Å². The molecule has 1 rings (SSSR count). The van der Waals surface area contributed by atoms with Gasteiger partial charge in [-0.25, -0.2) is 0 Å². The molecule has 1 heterocycles. The van der Waals surface area contributed by atoms with E-state index >= 15 is 0 Å². The van der Waals surface area contributed by atoms with Gasteiger partial charge in [-0.2, -0.15) is 0 Å². The summed E-state index contributed by atoms with van der Waals surface area (Å²) in [6.45, 7) is 11.8. The Labute approximate surface area is 187 Å². The van der Waals surface area contributed by atoms with Crippen LogP contribution < -0.4 is 0 Å². The average Bonchev–Trinajstić information content (AvgIpc) is 2.66. The van der Waals surface area contributed by atoms with Crippen molar-refractivity contribution < 1.29 is 14.6 Å². The van der Waals surface area contributed by atoms with Crippen molar-refractivity contribution in [1.82, 2.24) is 0 Å². The van der Waals surface area contributed by atoms with E-state index < -0.39 is 5.60 Å². The molecule has 2 atom stereocenters. The normalized spacial score (nSPS) is 20.8. The Morgan fingerprint density at radius 3 is 2.17 bits per heavy atom. The van der Waals surface area contributed by atoms with Crippen LogP contribution in [0.25, 0.3) is 0 Å². The third-order valence-electron chi connectivity index (χ3n) is 5.47. The highest BCUT2D eigenvalue weighted by Crippen LogP contribution is 2.24. The lowest BCUT2D eigenvalue weighted by Crippen LogP contribution is -2.31. The maximum atomic E-state index is 9.99. The minimum Gasteiger partial charge on any atom is -0.389 e. The molecule has 3 nitrogen and oxygen atoms in total. The minimum atomic E-state index is -0.665. The third-order valence-corrected chi connectivity index (χ3v) is 7.05. The predicted molar refractivity (Wildman–Crippen MR) is 128 cm³/mol. The van der Waals surface area contributed by atoms with Crippen LogP contribution in [-0.2, 0) is 9.47 Å². The number of halogens is 1. The van der Waals surface area contributed by atoms with Crippen molar-refractivity contribution in [3.63, 3.8) is 0 Å². The Bertz CT molecular complexity index is 537. The van der Waals surface area contributed by atoms with Crippen LogP contribution in [0.15, 0.2) is 34.9 Å². The molecule has 29 heavy (non-hydrogen) atoms. The molecule has 0 aliphatic carbocycles. The van der Waals surface area contributed by atoms with Crippen molar-refractivity contribution in [2.75, 3.05) is 13.2 Å². The van der Waals surface area contributed by atoms with Crippen molar-refractivity contribution >= 4 is 15.9 Å². The first-order valence-corrected chi connectivity index (χ1v) is 12.2. The minimum absolute atomic E-state index is 0.00184. The van der Waals surface area contributed by atoms with Gasteiger partial charge in [0.1, 0.15) is 0 Å². The smallest absolute Gasteiger partial charge is 0.157 e. The van der Waals surface area contributed by atoms with Gasteiger partial charge in [-0.3, -0.25) is 0 Å². The van der Waals surface area contributed by atoms with Gasteiger partial charge >= 0.3 is 0 Å². The molecule has 0 bridgehead atoms. The van der Waals surface area contributed by atoms with Gasteiger partial charge in [0.05, 0.1) is 12.2 Å². The summed E-state index contributed by atoms with van der Waals surface area (Å²) in [6.07, 6.45) is 16.7. The lowest BCUT2D eigenvalue weighted by molar-refractivity contribution is -0.155. The van der Waals surface area contributed by atoms with Crippen LogP contribution in [0.2, 0.25) is 0 Å². The van der Waals surface area contributed by atoms with Crippen molar-refractivity contribution in [3.8, 4) is 0 Å². The van der Waals surface area contributed by atoms with Gasteiger partial charge in [-0.05, 0) is 92.4 Å². The zero-order valence-electron chi connectivity index (χ0n) is 19.3. The molecule has 1 N–H and O–H groups in total. The molecule has 1 aliphatic rings. The molecular weight excluding hydrogens is 428 g/mol. The Hall–Kier alpha value is -0.420. The van der Waals surface area contributed by atoms with Gasteiger partial charge in [-0.1, -0.05) is 50.9 Å². The lowest BCUT2D eigenvalue weighted by Gasteiger charge is -2.24. The van der Waals surface area contributed by atoms with Gasteiger partial charge in [-0.15, -0.1) is 0 Å². The summed E-state index contributed by atoms with van der Waals surface area (Å²) in [6, 6.07) is 0. The summed E-state index contributed by atoms with van der Waals surface area (Å²) in [5.41, 5.74) is 3.59. The average molecular weight is 472 g/mol. The van der Waals surface area contributed by atoms with E-state index in [0.717, 1.165) is 58.0 Å². The number of allylic oxidation sites excluding steroid dienone is 5. The summed E-state index contributed by atoms with van der Waals surface area (Å²) >= 11 is 3.59. The number of hydrogen-bond acceptors (Lipinski definition) is 3. The second-order valence-corrected chi connectivity index (χ2v) is 10.1. The molecule has 0 amide bonds. The van der Waals surface area contributed by atoms with E-state index in [9.17, 15) is 5.11 Å². The van der Waals surface area contributed by atoms with Crippen LogP contribution in [0.5, 0.6) is 0 Å². The highest BCUT2D eigenvalue weighted by atomic mass is 79.9. The Balaban J connectivity index is 2.18. The van der Waals surface area contributed by atoms with Gasteiger partial charge in [0.2, 0.25) is 0 Å². The van der Waals surface area contributed by atoms with Crippen LogP contribution in [0.3, 0.4) is 0 Å². The van der Waals surface area contributed by atoms with Crippen molar-refractivity contribution in [3.05, 3.63) is 34.9 Å². The molecule has 1 saturated heterocycles. The van der Waals surface area contributed by atoms with Gasteiger partial charge in [0.15, 0.2) is 6.29 Å². The Kier molecular flexibility index (Phi) is 13.4. The SMILES string of the molecule is C/C(=C\CC/C(C)=C/COC1CCCCO1)CC/C=C(\C)CCC(Br)C(C)(C)O. The number of ether oxygens (including phenoxy) is 2. The lowest BCUT2D eigenvalue weighted by atomic mass is 9.98. The van der Waals surface area contributed by atoms with E-state index in [4.69, 9.17) is 9.47 Å².